The summed E-state index contributed by atoms with van der Waals surface area (Å²) in [6.07, 6.45) is -3.47. The molecule has 2 unspecified atom stereocenters. The summed E-state index contributed by atoms with van der Waals surface area (Å²) in [5.41, 5.74) is -0.340. The van der Waals surface area contributed by atoms with Crippen LogP contribution in [0.25, 0.3) is 0 Å². The minimum absolute atomic E-state index is 0.170. The van der Waals surface area contributed by atoms with Gasteiger partial charge in [0, 0.05) is 11.1 Å². The molecule has 2 aromatic carbocycles. The summed E-state index contributed by atoms with van der Waals surface area (Å²) >= 11 is 0. The number of carbonyl (C=O) groups is 1. The minimum Gasteiger partial charge on any atom is -0.426 e. The molecule has 2 aromatic rings. The Hall–Kier alpha value is -2.57. The molecule has 0 spiro atoms. The Labute approximate surface area is 135 Å². The maximum Gasteiger partial charge on any atom is 0.509 e. The van der Waals surface area contributed by atoms with E-state index >= 15 is 0 Å². The first-order valence-corrected chi connectivity index (χ1v) is 7.06. The quantitative estimate of drug-likeness (QED) is 0.565. The third-order valence-corrected chi connectivity index (χ3v) is 3.38. The van der Waals surface area contributed by atoms with Gasteiger partial charge in [0.15, 0.2) is 23.3 Å². The maximum atomic E-state index is 13.6. The van der Waals surface area contributed by atoms with Gasteiger partial charge in [-0.3, -0.25) is 0 Å². The summed E-state index contributed by atoms with van der Waals surface area (Å²) in [7, 11) is 0. The second kappa shape index (κ2) is 7.33. The van der Waals surface area contributed by atoms with E-state index in [1.54, 1.807) is 0 Å². The molecule has 0 radical (unpaired) electrons. The molecule has 0 aromatic heterocycles. The van der Waals surface area contributed by atoms with Gasteiger partial charge >= 0.3 is 6.16 Å². The van der Waals surface area contributed by atoms with Crippen molar-refractivity contribution in [2.45, 2.75) is 26.1 Å². The van der Waals surface area contributed by atoms with E-state index in [2.05, 4.69) is 0 Å². The second-order valence-electron chi connectivity index (χ2n) is 5.06. The van der Waals surface area contributed by atoms with E-state index in [0.29, 0.717) is 0 Å². The molecule has 0 aliphatic rings. The lowest BCUT2D eigenvalue weighted by molar-refractivity contribution is 0.00445. The molecule has 128 valence electrons. The topological polar surface area (TPSA) is 35.5 Å². The molecule has 0 saturated heterocycles. The standard InChI is InChI=1S/C17H14F4O3/c1-9(11-5-3-7-13(18)15(11)20)23-17(22)24-10(2)12-6-4-8-14(19)16(12)21/h3-10H,1-2H3. The first kappa shape index (κ1) is 17.8. The number of hydrogen-bond donors (Lipinski definition) is 0. The Morgan fingerprint density at radius 2 is 1.17 bits per heavy atom. The van der Waals surface area contributed by atoms with Crippen LogP contribution in [0.4, 0.5) is 22.4 Å². The molecule has 0 bridgehead atoms. The Morgan fingerprint density at radius 1 is 0.792 bits per heavy atom. The van der Waals surface area contributed by atoms with Gasteiger partial charge in [0.25, 0.3) is 0 Å². The van der Waals surface area contributed by atoms with Crippen LogP contribution in [-0.4, -0.2) is 6.16 Å². The molecule has 0 N–H and O–H groups in total. The largest absolute Gasteiger partial charge is 0.509 e. The average molecular weight is 342 g/mol. The molecule has 0 fully saturated rings. The highest BCUT2D eigenvalue weighted by atomic mass is 19.2. The fourth-order valence-corrected chi connectivity index (χ4v) is 2.11. The maximum absolute atomic E-state index is 13.6. The number of rotatable bonds is 4. The number of halogens is 4. The summed E-state index contributed by atoms with van der Waals surface area (Å²) in [6.45, 7) is 2.65. The van der Waals surface area contributed by atoms with Crippen molar-refractivity contribution in [3.8, 4) is 0 Å². The van der Waals surface area contributed by atoms with Crippen LogP contribution in [0.3, 0.4) is 0 Å². The van der Waals surface area contributed by atoms with Gasteiger partial charge in [0.2, 0.25) is 0 Å². The molecular weight excluding hydrogens is 328 g/mol. The third kappa shape index (κ3) is 3.84. The predicted molar refractivity (Wildman–Crippen MR) is 77.1 cm³/mol. The predicted octanol–water partition coefficient (Wildman–Crippen LogP) is 5.22. The summed E-state index contributed by atoms with van der Waals surface area (Å²) in [6, 6.07) is 6.91. The van der Waals surface area contributed by atoms with Gasteiger partial charge in [0.1, 0.15) is 12.2 Å². The zero-order valence-corrected chi connectivity index (χ0v) is 12.9. The van der Waals surface area contributed by atoms with Crippen LogP contribution in [0.5, 0.6) is 0 Å². The van der Waals surface area contributed by atoms with Crippen LogP contribution < -0.4 is 0 Å². The number of ether oxygens (including phenoxy) is 2. The van der Waals surface area contributed by atoms with Gasteiger partial charge in [0.05, 0.1) is 0 Å². The zero-order chi connectivity index (χ0) is 17.9. The lowest BCUT2D eigenvalue weighted by Gasteiger charge is -2.18. The van der Waals surface area contributed by atoms with Crippen molar-refractivity contribution < 1.29 is 31.8 Å². The fourth-order valence-electron chi connectivity index (χ4n) is 2.11. The number of carbonyl (C=O) groups excluding carboxylic acids is 1. The molecule has 0 heterocycles. The van der Waals surface area contributed by atoms with Gasteiger partial charge in [-0.05, 0) is 26.0 Å². The van der Waals surface area contributed by atoms with Gasteiger partial charge in [-0.2, -0.15) is 0 Å². The van der Waals surface area contributed by atoms with E-state index in [0.717, 1.165) is 12.1 Å². The molecule has 24 heavy (non-hydrogen) atoms. The van der Waals surface area contributed by atoms with Gasteiger partial charge < -0.3 is 9.47 Å². The molecule has 7 heteroatoms. The molecule has 0 aliphatic carbocycles. The number of hydrogen-bond acceptors (Lipinski definition) is 3. The molecule has 0 saturated carbocycles. The summed E-state index contributed by atoms with van der Waals surface area (Å²) in [5.74, 6) is -4.43. The Morgan fingerprint density at radius 3 is 1.54 bits per heavy atom. The molecule has 3 nitrogen and oxygen atoms in total. The molecular formula is C17H14F4O3. The SMILES string of the molecule is CC(OC(=O)OC(C)c1cccc(F)c1F)c1cccc(F)c1F. The van der Waals surface area contributed by atoms with Crippen molar-refractivity contribution in [1.82, 2.24) is 0 Å². The van der Waals surface area contributed by atoms with E-state index in [-0.39, 0.29) is 11.1 Å². The molecule has 2 rings (SSSR count). The van der Waals surface area contributed by atoms with E-state index < -0.39 is 41.6 Å². The highest BCUT2D eigenvalue weighted by Gasteiger charge is 2.22. The molecule has 0 amide bonds. The Bertz CT molecular complexity index is 687. The van der Waals surface area contributed by atoms with Crippen LogP contribution in [0.1, 0.15) is 37.2 Å². The van der Waals surface area contributed by atoms with Crippen molar-refractivity contribution in [2.75, 3.05) is 0 Å². The van der Waals surface area contributed by atoms with Crippen molar-refractivity contribution in [3.05, 3.63) is 70.8 Å². The Balaban J connectivity index is 2.05. The fraction of sp³-hybridized carbons (Fsp3) is 0.235. The molecule has 2 atom stereocenters. The van der Waals surface area contributed by atoms with Crippen molar-refractivity contribution in [1.29, 1.82) is 0 Å². The average Bonchev–Trinajstić information content (AvgIpc) is 2.52. The highest BCUT2D eigenvalue weighted by molar-refractivity contribution is 5.61. The lowest BCUT2D eigenvalue weighted by Crippen LogP contribution is -2.15. The van der Waals surface area contributed by atoms with Crippen LogP contribution in [-0.2, 0) is 9.47 Å². The summed E-state index contributed by atoms with van der Waals surface area (Å²) in [4.78, 5) is 11.7. The number of benzene rings is 2. The second-order valence-corrected chi connectivity index (χ2v) is 5.06. The van der Waals surface area contributed by atoms with E-state index in [1.807, 2.05) is 0 Å². The highest BCUT2D eigenvalue weighted by Crippen LogP contribution is 2.25. The van der Waals surface area contributed by atoms with Gasteiger partial charge in [-0.25, -0.2) is 22.4 Å². The van der Waals surface area contributed by atoms with Crippen molar-refractivity contribution in [3.63, 3.8) is 0 Å². The van der Waals surface area contributed by atoms with Crippen LogP contribution in [0.2, 0.25) is 0 Å². The summed E-state index contributed by atoms with van der Waals surface area (Å²) in [5, 5.41) is 0. The van der Waals surface area contributed by atoms with Gasteiger partial charge in [-0.15, -0.1) is 0 Å². The van der Waals surface area contributed by atoms with E-state index in [1.165, 1.54) is 38.1 Å². The third-order valence-electron chi connectivity index (χ3n) is 3.38. The minimum atomic E-state index is -1.22. The van der Waals surface area contributed by atoms with Crippen LogP contribution in [0.15, 0.2) is 36.4 Å². The lowest BCUT2D eigenvalue weighted by atomic mass is 10.1. The zero-order valence-electron chi connectivity index (χ0n) is 12.9. The van der Waals surface area contributed by atoms with Gasteiger partial charge in [-0.1, -0.05) is 24.3 Å². The van der Waals surface area contributed by atoms with Crippen LogP contribution >= 0.6 is 0 Å². The van der Waals surface area contributed by atoms with Crippen LogP contribution in [0, 0.1) is 23.3 Å². The smallest absolute Gasteiger partial charge is 0.426 e. The molecule has 0 aliphatic heterocycles. The van der Waals surface area contributed by atoms with E-state index in [9.17, 15) is 22.4 Å². The van der Waals surface area contributed by atoms with Crippen molar-refractivity contribution in [2.24, 2.45) is 0 Å². The normalized spacial score (nSPS) is 13.2. The first-order valence-electron chi connectivity index (χ1n) is 7.06. The summed E-state index contributed by atoms with van der Waals surface area (Å²) < 4.78 is 63.3. The van der Waals surface area contributed by atoms with E-state index in [4.69, 9.17) is 9.47 Å². The monoisotopic (exact) mass is 342 g/mol. The Kier molecular flexibility index (Phi) is 5.43. The van der Waals surface area contributed by atoms with Crippen molar-refractivity contribution >= 4 is 6.16 Å². The first-order chi connectivity index (χ1) is 11.3.